The van der Waals surface area contributed by atoms with Crippen LogP contribution in [0.25, 0.3) is 0 Å². The molecule has 0 aliphatic carbocycles. The number of aliphatic carboxylic acids is 1. The number of hydrogen-bond acceptors (Lipinski definition) is 4. The molecule has 1 atom stereocenters. The largest absolute Gasteiger partial charge is 0.491 e. The van der Waals surface area contributed by atoms with Gasteiger partial charge in [0, 0.05) is 12.7 Å². The van der Waals surface area contributed by atoms with Crippen LogP contribution in [0, 0.1) is 5.92 Å². The summed E-state index contributed by atoms with van der Waals surface area (Å²) in [6.45, 7) is 4.39. The number of carboxylic acid groups (broad SMARTS) is 1. The van der Waals surface area contributed by atoms with Crippen LogP contribution in [-0.4, -0.2) is 43.3 Å². The normalized spacial score (nSPS) is 12.0. The number of carbonyl (C=O) groups is 2. The molecule has 1 aromatic carbocycles. The van der Waals surface area contributed by atoms with Crippen LogP contribution >= 0.6 is 0 Å². The number of nitrogens with one attached hydrogen (secondary N) is 1. The van der Waals surface area contributed by atoms with Crippen LogP contribution in [-0.2, 0) is 9.53 Å². The molecule has 0 heterocycles. The van der Waals surface area contributed by atoms with Crippen molar-refractivity contribution in [2.24, 2.45) is 5.92 Å². The van der Waals surface area contributed by atoms with Crippen LogP contribution in [0.4, 0.5) is 0 Å². The lowest BCUT2D eigenvalue weighted by atomic mass is 10.0. The van der Waals surface area contributed by atoms with Crippen molar-refractivity contribution in [3.63, 3.8) is 0 Å². The van der Waals surface area contributed by atoms with Gasteiger partial charge in [-0.15, -0.1) is 0 Å². The van der Waals surface area contributed by atoms with E-state index in [0.717, 1.165) is 0 Å². The maximum Gasteiger partial charge on any atom is 0.326 e. The number of rotatable bonds is 8. The van der Waals surface area contributed by atoms with Gasteiger partial charge in [0.2, 0.25) is 0 Å². The van der Waals surface area contributed by atoms with E-state index in [9.17, 15) is 9.59 Å². The molecule has 0 saturated heterocycles. The lowest BCUT2D eigenvalue weighted by molar-refractivity contribution is -0.140. The molecule has 6 nitrogen and oxygen atoms in total. The first kappa shape index (κ1) is 17.0. The summed E-state index contributed by atoms with van der Waals surface area (Å²) < 4.78 is 10.3. The summed E-state index contributed by atoms with van der Waals surface area (Å²) in [4.78, 5) is 23.1. The molecule has 0 aliphatic rings. The zero-order valence-electron chi connectivity index (χ0n) is 12.5. The van der Waals surface area contributed by atoms with Crippen LogP contribution in [0.15, 0.2) is 24.3 Å². The van der Waals surface area contributed by atoms with Crippen LogP contribution < -0.4 is 10.1 Å². The quantitative estimate of drug-likeness (QED) is 0.711. The van der Waals surface area contributed by atoms with Gasteiger partial charge in [0.25, 0.3) is 5.91 Å². The van der Waals surface area contributed by atoms with E-state index in [1.807, 2.05) is 0 Å². The fourth-order valence-electron chi connectivity index (χ4n) is 1.68. The Morgan fingerprint density at radius 3 is 2.29 bits per heavy atom. The third-order valence-corrected chi connectivity index (χ3v) is 2.89. The molecule has 1 amide bonds. The Balaban J connectivity index is 2.64. The van der Waals surface area contributed by atoms with Crippen molar-refractivity contribution >= 4 is 11.9 Å². The number of amides is 1. The number of carbonyl (C=O) groups excluding carboxylic acids is 1. The molecule has 1 rings (SSSR count). The second-order valence-electron chi connectivity index (χ2n) is 4.90. The number of hydrogen-bond donors (Lipinski definition) is 2. The van der Waals surface area contributed by atoms with Crippen LogP contribution in [0.5, 0.6) is 5.75 Å². The summed E-state index contributed by atoms with van der Waals surface area (Å²) in [5.74, 6) is -1.03. The van der Waals surface area contributed by atoms with Crippen molar-refractivity contribution in [1.29, 1.82) is 0 Å². The summed E-state index contributed by atoms with van der Waals surface area (Å²) in [6.07, 6.45) is 0. The maximum absolute atomic E-state index is 12.0. The zero-order valence-corrected chi connectivity index (χ0v) is 12.5. The van der Waals surface area contributed by atoms with E-state index >= 15 is 0 Å². The Morgan fingerprint density at radius 1 is 1.19 bits per heavy atom. The van der Waals surface area contributed by atoms with Crippen molar-refractivity contribution in [2.75, 3.05) is 20.3 Å². The van der Waals surface area contributed by atoms with Gasteiger partial charge < -0.3 is 19.9 Å². The Bertz CT molecular complexity index is 469. The number of carboxylic acids is 1. The summed E-state index contributed by atoms with van der Waals surface area (Å²) in [6, 6.07) is 5.61. The fraction of sp³-hybridized carbons (Fsp3) is 0.467. The first-order valence-corrected chi connectivity index (χ1v) is 6.71. The maximum atomic E-state index is 12.0. The first-order chi connectivity index (χ1) is 9.95. The molecule has 0 bridgehead atoms. The predicted molar refractivity (Wildman–Crippen MR) is 77.5 cm³/mol. The SMILES string of the molecule is COCCOc1ccc(C(=O)NC(C(=O)O)C(C)C)cc1. The van der Waals surface area contributed by atoms with Gasteiger partial charge in [0.05, 0.1) is 6.61 Å². The molecule has 6 heteroatoms. The zero-order chi connectivity index (χ0) is 15.8. The van der Waals surface area contributed by atoms with E-state index in [2.05, 4.69) is 5.32 Å². The second-order valence-corrected chi connectivity index (χ2v) is 4.90. The molecule has 21 heavy (non-hydrogen) atoms. The minimum absolute atomic E-state index is 0.192. The molecule has 0 fully saturated rings. The predicted octanol–water partition coefficient (Wildman–Crippen LogP) is 1.55. The van der Waals surface area contributed by atoms with Gasteiger partial charge in [-0.25, -0.2) is 4.79 Å². The van der Waals surface area contributed by atoms with Crippen molar-refractivity contribution in [3.05, 3.63) is 29.8 Å². The molecule has 0 saturated carbocycles. The van der Waals surface area contributed by atoms with E-state index in [-0.39, 0.29) is 5.92 Å². The van der Waals surface area contributed by atoms with Crippen LogP contribution in [0.2, 0.25) is 0 Å². The molecule has 116 valence electrons. The summed E-state index contributed by atoms with van der Waals surface area (Å²) >= 11 is 0. The lowest BCUT2D eigenvalue weighted by Gasteiger charge is -2.17. The van der Waals surface area contributed by atoms with Gasteiger partial charge in [-0.2, -0.15) is 0 Å². The van der Waals surface area contributed by atoms with E-state index in [4.69, 9.17) is 14.6 Å². The van der Waals surface area contributed by atoms with Crippen molar-refractivity contribution in [2.45, 2.75) is 19.9 Å². The van der Waals surface area contributed by atoms with E-state index in [1.165, 1.54) is 0 Å². The third kappa shape index (κ3) is 5.43. The highest BCUT2D eigenvalue weighted by molar-refractivity contribution is 5.96. The van der Waals surface area contributed by atoms with Gasteiger partial charge in [-0.05, 0) is 30.2 Å². The van der Waals surface area contributed by atoms with Crippen molar-refractivity contribution in [3.8, 4) is 5.75 Å². The van der Waals surface area contributed by atoms with E-state index < -0.39 is 17.9 Å². The summed E-state index contributed by atoms with van der Waals surface area (Å²) in [5.41, 5.74) is 0.390. The highest BCUT2D eigenvalue weighted by Gasteiger charge is 2.23. The Labute approximate surface area is 124 Å². The standard InChI is InChI=1S/C15H21NO5/c1-10(2)13(15(18)19)16-14(17)11-4-6-12(7-5-11)21-9-8-20-3/h4-7,10,13H,8-9H2,1-3H3,(H,16,17)(H,18,19). The van der Waals surface area contributed by atoms with Crippen molar-refractivity contribution < 1.29 is 24.2 Å². The molecule has 1 aromatic rings. The number of methoxy groups -OCH3 is 1. The number of ether oxygens (including phenoxy) is 2. The first-order valence-electron chi connectivity index (χ1n) is 6.71. The van der Waals surface area contributed by atoms with E-state index in [1.54, 1.807) is 45.2 Å². The molecule has 0 aromatic heterocycles. The molecule has 0 radical (unpaired) electrons. The van der Waals surface area contributed by atoms with Gasteiger partial charge in [-0.1, -0.05) is 13.8 Å². The Morgan fingerprint density at radius 2 is 1.81 bits per heavy atom. The van der Waals surface area contributed by atoms with Crippen molar-refractivity contribution in [1.82, 2.24) is 5.32 Å². The average molecular weight is 295 g/mol. The van der Waals surface area contributed by atoms with Gasteiger partial charge in [0.15, 0.2) is 0 Å². The topological polar surface area (TPSA) is 84.9 Å². The molecule has 0 aliphatic heterocycles. The molecule has 1 unspecified atom stereocenters. The second kappa shape index (κ2) is 8.26. The lowest BCUT2D eigenvalue weighted by Crippen LogP contribution is -2.44. The monoisotopic (exact) mass is 295 g/mol. The molecular weight excluding hydrogens is 274 g/mol. The van der Waals surface area contributed by atoms with Crippen LogP contribution in [0.1, 0.15) is 24.2 Å². The highest BCUT2D eigenvalue weighted by atomic mass is 16.5. The van der Waals surface area contributed by atoms with Crippen LogP contribution in [0.3, 0.4) is 0 Å². The number of benzene rings is 1. The van der Waals surface area contributed by atoms with Gasteiger partial charge in [-0.3, -0.25) is 4.79 Å². The summed E-state index contributed by atoms with van der Waals surface area (Å²) in [5, 5.41) is 11.6. The minimum atomic E-state index is -1.04. The molecule has 2 N–H and O–H groups in total. The molecular formula is C15H21NO5. The Hall–Kier alpha value is -2.08. The van der Waals surface area contributed by atoms with E-state index in [0.29, 0.717) is 24.5 Å². The Kier molecular flexibility index (Phi) is 6.68. The fourth-order valence-corrected chi connectivity index (χ4v) is 1.68. The van der Waals surface area contributed by atoms with Gasteiger partial charge in [0.1, 0.15) is 18.4 Å². The highest BCUT2D eigenvalue weighted by Crippen LogP contribution is 2.13. The average Bonchev–Trinajstić information content (AvgIpc) is 2.44. The van der Waals surface area contributed by atoms with Gasteiger partial charge >= 0.3 is 5.97 Å². The molecule has 0 spiro atoms. The third-order valence-electron chi connectivity index (χ3n) is 2.89. The summed E-state index contributed by atoms with van der Waals surface area (Å²) in [7, 11) is 1.59. The minimum Gasteiger partial charge on any atom is -0.491 e. The smallest absolute Gasteiger partial charge is 0.326 e.